The number of hydrogen-bond donors (Lipinski definition) is 0. The van der Waals surface area contributed by atoms with Gasteiger partial charge in [0.05, 0.1) is 17.4 Å². The second kappa shape index (κ2) is 3.70. The quantitative estimate of drug-likeness (QED) is 0.378. The smallest absolute Gasteiger partial charge is 0.311 e. The van der Waals surface area contributed by atoms with Gasteiger partial charge in [0.25, 0.3) is 0 Å². The molecule has 0 amide bonds. The standard InChI is InChI=1S/C9H12NO3/c1-3-13-9(10(11)12)7-5-4-6-8(9)2/h4-8H,2-3H2,1H3. The molecule has 1 radical (unpaired) electrons. The topological polar surface area (TPSA) is 52.4 Å². The lowest BCUT2D eigenvalue weighted by atomic mass is 9.93. The number of rotatable bonds is 3. The highest BCUT2D eigenvalue weighted by Gasteiger charge is 2.46. The van der Waals surface area contributed by atoms with Gasteiger partial charge in [0.15, 0.2) is 0 Å². The van der Waals surface area contributed by atoms with E-state index in [1.165, 1.54) is 6.08 Å². The Labute approximate surface area is 77.0 Å². The zero-order chi connectivity index (χ0) is 9.90. The van der Waals surface area contributed by atoms with Crippen molar-refractivity contribution in [3.05, 3.63) is 41.3 Å². The normalized spacial score (nSPS) is 32.0. The van der Waals surface area contributed by atoms with Crippen LogP contribution < -0.4 is 0 Å². The van der Waals surface area contributed by atoms with Crippen LogP contribution in [0.4, 0.5) is 0 Å². The van der Waals surface area contributed by atoms with Crippen molar-refractivity contribution in [2.24, 2.45) is 5.92 Å². The fourth-order valence-corrected chi connectivity index (χ4v) is 1.29. The Morgan fingerprint density at radius 2 is 2.38 bits per heavy atom. The summed E-state index contributed by atoms with van der Waals surface area (Å²) in [6.45, 7) is 5.71. The van der Waals surface area contributed by atoms with E-state index in [4.69, 9.17) is 4.74 Å². The van der Waals surface area contributed by atoms with Gasteiger partial charge >= 0.3 is 5.72 Å². The molecule has 0 saturated heterocycles. The SMILES string of the molecule is [CH2]C1C=CC=CC1(OCC)[N+](=O)[O-]. The van der Waals surface area contributed by atoms with Crippen LogP contribution in [0.3, 0.4) is 0 Å². The van der Waals surface area contributed by atoms with Crippen molar-refractivity contribution in [1.29, 1.82) is 0 Å². The monoisotopic (exact) mass is 182 g/mol. The third-order valence-electron chi connectivity index (χ3n) is 1.98. The molecule has 0 heterocycles. The van der Waals surface area contributed by atoms with Crippen molar-refractivity contribution in [2.75, 3.05) is 6.61 Å². The molecule has 0 aromatic heterocycles. The van der Waals surface area contributed by atoms with E-state index in [1.807, 2.05) is 0 Å². The molecule has 1 rings (SSSR count). The van der Waals surface area contributed by atoms with E-state index < -0.39 is 16.6 Å². The predicted octanol–water partition coefficient (Wildman–Crippen LogP) is 1.57. The molecule has 4 heteroatoms. The van der Waals surface area contributed by atoms with E-state index in [9.17, 15) is 10.1 Å². The number of nitrogens with zero attached hydrogens (tertiary/aromatic N) is 1. The van der Waals surface area contributed by atoms with E-state index in [0.717, 1.165) is 0 Å². The lowest BCUT2D eigenvalue weighted by molar-refractivity contribution is -0.620. The molecule has 71 valence electrons. The summed E-state index contributed by atoms with van der Waals surface area (Å²) in [4.78, 5) is 10.4. The van der Waals surface area contributed by atoms with Crippen molar-refractivity contribution in [3.63, 3.8) is 0 Å². The van der Waals surface area contributed by atoms with Gasteiger partial charge in [-0.15, -0.1) is 0 Å². The minimum absolute atomic E-state index is 0.297. The molecular formula is C9H12NO3. The van der Waals surface area contributed by atoms with Gasteiger partial charge in [-0.1, -0.05) is 18.2 Å². The highest BCUT2D eigenvalue weighted by atomic mass is 16.7. The Kier molecular flexibility index (Phi) is 2.83. The number of allylic oxidation sites excluding steroid dienone is 2. The summed E-state index contributed by atoms with van der Waals surface area (Å²) < 4.78 is 5.14. The molecule has 4 nitrogen and oxygen atoms in total. The molecule has 1 aliphatic rings. The van der Waals surface area contributed by atoms with Crippen molar-refractivity contribution in [1.82, 2.24) is 0 Å². The van der Waals surface area contributed by atoms with Crippen LogP contribution in [0.15, 0.2) is 24.3 Å². The molecule has 0 N–H and O–H groups in total. The molecule has 2 unspecified atom stereocenters. The fraction of sp³-hybridized carbons (Fsp3) is 0.444. The molecule has 0 fully saturated rings. The van der Waals surface area contributed by atoms with Crippen LogP contribution in [-0.4, -0.2) is 17.3 Å². The molecule has 0 spiro atoms. The van der Waals surface area contributed by atoms with E-state index >= 15 is 0 Å². The zero-order valence-electron chi connectivity index (χ0n) is 7.47. The maximum atomic E-state index is 10.8. The number of hydrogen-bond acceptors (Lipinski definition) is 3. The second-order valence-corrected chi connectivity index (χ2v) is 2.79. The van der Waals surface area contributed by atoms with Gasteiger partial charge in [-0.2, -0.15) is 0 Å². The van der Waals surface area contributed by atoms with E-state index in [0.29, 0.717) is 6.61 Å². The largest absolute Gasteiger partial charge is 0.351 e. The molecule has 0 saturated carbocycles. The van der Waals surface area contributed by atoms with E-state index in [-0.39, 0.29) is 0 Å². The molecule has 13 heavy (non-hydrogen) atoms. The van der Waals surface area contributed by atoms with E-state index in [2.05, 4.69) is 6.92 Å². The summed E-state index contributed by atoms with van der Waals surface area (Å²) in [6, 6.07) is 0. The lowest BCUT2D eigenvalue weighted by Gasteiger charge is -2.27. The first kappa shape index (κ1) is 9.92. The van der Waals surface area contributed by atoms with Crippen LogP contribution in [0.25, 0.3) is 0 Å². The zero-order valence-corrected chi connectivity index (χ0v) is 7.47. The summed E-state index contributed by atoms with van der Waals surface area (Å²) >= 11 is 0. The van der Waals surface area contributed by atoms with Crippen LogP contribution in [0.1, 0.15) is 6.92 Å². The first-order valence-electron chi connectivity index (χ1n) is 4.11. The molecule has 2 atom stereocenters. The Balaban J connectivity index is 2.96. The van der Waals surface area contributed by atoms with Crippen LogP contribution in [0.2, 0.25) is 0 Å². The Morgan fingerprint density at radius 3 is 2.85 bits per heavy atom. The van der Waals surface area contributed by atoms with Gasteiger partial charge < -0.3 is 4.74 Å². The number of ether oxygens (including phenoxy) is 1. The summed E-state index contributed by atoms with van der Waals surface area (Å²) in [5.74, 6) is -0.479. The van der Waals surface area contributed by atoms with Gasteiger partial charge in [-0.25, -0.2) is 0 Å². The molecule has 0 aromatic rings. The maximum Gasteiger partial charge on any atom is 0.351 e. The fourth-order valence-electron chi connectivity index (χ4n) is 1.29. The Hall–Kier alpha value is -1.16. The van der Waals surface area contributed by atoms with Crippen molar-refractivity contribution < 1.29 is 9.66 Å². The highest BCUT2D eigenvalue weighted by Crippen LogP contribution is 2.28. The lowest BCUT2D eigenvalue weighted by Crippen LogP contribution is -2.45. The van der Waals surface area contributed by atoms with Crippen LogP contribution in [0, 0.1) is 23.0 Å². The average Bonchev–Trinajstić information content (AvgIpc) is 2.09. The van der Waals surface area contributed by atoms with Crippen molar-refractivity contribution in [2.45, 2.75) is 12.6 Å². The third kappa shape index (κ3) is 1.62. The third-order valence-corrected chi connectivity index (χ3v) is 1.98. The minimum atomic E-state index is -1.47. The minimum Gasteiger partial charge on any atom is -0.311 e. The predicted molar refractivity (Wildman–Crippen MR) is 48.5 cm³/mol. The summed E-state index contributed by atoms with van der Waals surface area (Å²) in [5.41, 5.74) is -1.47. The van der Waals surface area contributed by atoms with Gasteiger partial charge in [-0.3, -0.25) is 10.1 Å². The summed E-state index contributed by atoms with van der Waals surface area (Å²) in [6.07, 6.45) is 6.45. The average molecular weight is 182 g/mol. The van der Waals surface area contributed by atoms with Crippen LogP contribution >= 0.6 is 0 Å². The first-order valence-corrected chi connectivity index (χ1v) is 4.11. The highest BCUT2D eigenvalue weighted by molar-refractivity contribution is 5.19. The van der Waals surface area contributed by atoms with Crippen molar-refractivity contribution in [3.8, 4) is 0 Å². The first-order chi connectivity index (χ1) is 6.13. The summed E-state index contributed by atoms with van der Waals surface area (Å²) in [7, 11) is 0. The van der Waals surface area contributed by atoms with Gasteiger partial charge in [0, 0.05) is 6.08 Å². The van der Waals surface area contributed by atoms with Gasteiger partial charge in [0.2, 0.25) is 0 Å². The van der Waals surface area contributed by atoms with E-state index in [1.54, 1.807) is 25.2 Å². The second-order valence-electron chi connectivity index (χ2n) is 2.79. The molecule has 0 bridgehead atoms. The summed E-state index contributed by atoms with van der Waals surface area (Å²) in [5, 5.41) is 10.8. The number of nitro groups is 1. The maximum absolute atomic E-state index is 10.8. The van der Waals surface area contributed by atoms with Crippen molar-refractivity contribution >= 4 is 0 Å². The van der Waals surface area contributed by atoms with Crippen LogP contribution in [-0.2, 0) is 4.74 Å². The Bertz CT molecular complexity index is 260. The molecule has 0 aromatic carbocycles. The van der Waals surface area contributed by atoms with Gasteiger partial charge in [0.1, 0.15) is 0 Å². The molecule has 1 aliphatic carbocycles. The molecule has 0 aliphatic heterocycles. The molecular weight excluding hydrogens is 170 g/mol. The Morgan fingerprint density at radius 1 is 1.69 bits per heavy atom. The van der Waals surface area contributed by atoms with Crippen LogP contribution in [0.5, 0.6) is 0 Å². The van der Waals surface area contributed by atoms with Gasteiger partial charge in [-0.05, 0) is 13.8 Å².